The van der Waals surface area contributed by atoms with Gasteiger partial charge in [0.1, 0.15) is 5.82 Å². The molecule has 0 bridgehead atoms. The number of anilines is 1. The van der Waals surface area contributed by atoms with E-state index in [4.69, 9.17) is 21.1 Å². The lowest BCUT2D eigenvalue weighted by atomic mass is 10.1. The molecule has 0 atom stereocenters. The topological polar surface area (TPSA) is 85.7 Å². The Balaban J connectivity index is 1.41. The summed E-state index contributed by atoms with van der Waals surface area (Å²) in [7, 11) is 3.18. The third-order valence-corrected chi connectivity index (χ3v) is 6.01. The number of ether oxygens (including phenoxy) is 2. The highest BCUT2D eigenvalue weighted by molar-refractivity contribution is 6.31. The van der Waals surface area contributed by atoms with Gasteiger partial charge < -0.3 is 19.7 Å². The van der Waals surface area contributed by atoms with Crippen LogP contribution >= 0.6 is 11.6 Å². The van der Waals surface area contributed by atoms with E-state index in [1.54, 1.807) is 35.2 Å². The van der Waals surface area contributed by atoms with E-state index < -0.39 is 11.8 Å². The van der Waals surface area contributed by atoms with Crippen molar-refractivity contribution in [3.05, 3.63) is 81.4 Å². The van der Waals surface area contributed by atoms with Gasteiger partial charge in [-0.15, -0.1) is 0 Å². The van der Waals surface area contributed by atoms with Crippen molar-refractivity contribution in [2.75, 3.05) is 19.0 Å². The molecule has 0 radical (unpaired) electrons. The number of hydrogen-bond acceptors (Lipinski definition) is 5. The van der Waals surface area contributed by atoms with Crippen LogP contribution in [0.25, 0.3) is 0 Å². The Morgan fingerprint density at radius 2 is 2.03 bits per heavy atom. The summed E-state index contributed by atoms with van der Waals surface area (Å²) in [4.78, 5) is 26.3. The lowest BCUT2D eigenvalue weighted by Crippen LogP contribution is -2.39. The predicted octanol–water partition coefficient (Wildman–Crippen LogP) is 4.31. The largest absolute Gasteiger partial charge is 0.465 e. The van der Waals surface area contributed by atoms with Crippen molar-refractivity contribution in [3.8, 4) is 0 Å². The molecule has 1 aliphatic rings. The monoisotopic (exact) mass is 486 g/mol. The van der Waals surface area contributed by atoms with Gasteiger partial charge in [-0.3, -0.25) is 4.68 Å². The number of benzene rings is 2. The Morgan fingerprint density at radius 1 is 1.21 bits per heavy atom. The number of nitrogens with zero attached hydrogens (tertiary/aromatic N) is 3. The van der Waals surface area contributed by atoms with Gasteiger partial charge in [0.15, 0.2) is 0 Å². The maximum atomic E-state index is 13.2. The van der Waals surface area contributed by atoms with Crippen molar-refractivity contribution in [1.29, 1.82) is 0 Å². The summed E-state index contributed by atoms with van der Waals surface area (Å²) in [6.07, 6.45) is 0.651. The summed E-state index contributed by atoms with van der Waals surface area (Å²) < 4.78 is 25.6. The molecule has 1 N–H and O–H groups in total. The van der Waals surface area contributed by atoms with Gasteiger partial charge in [0.25, 0.3) is 0 Å². The number of urea groups is 1. The minimum absolute atomic E-state index is 0.213. The zero-order chi connectivity index (χ0) is 24.2. The number of halogens is 2. The Bertz CT molecular complexity index is 1230. The van der Waals surface area contributed by atoms with Gasteiger partial charge in [-0.25, -0.2) is 14.0 Å². The summed E-state index contributed by atoms with van der Waals surface area (Å²) in [6, 6.07) is 10.5. The molecular formula is C24H24ClFN4O4. The molecule has 0 saturated carbocycles. The molecule has 1 aromatic heterocycles. The van der Waals surface area contributed by atoms with Crippen LogP contribution in [0.4, 0.5) is 14.9 Å². The number of carbonyl (C=O) groups is 2. The summed E-state index contributed by atoms with van der Waals surface area (Å²) in [6.45, 7) is 1.35. The third kappa shape index (κ3) is 5.21. The van der Waals surface area contributed by atoms with Crippen LogP contribution in [0.15, 0.2) is 42.5 Å². The lowest BCUT2D eigenvalue weighted by Gasteiger charge is -2.28. The number of aryl methyl sites for hydroxylation is 1. The first-order chi connectivity index (χ1) is 16.4. The summed E-state index contributed by atoms with van der Waals surface area (Å²) >= 11 is 6.07. The SMILES string of the molecule is COC(=O)c1cccc(NC(=O)N2CCc3c(c(COCc4ccc(F)cc4Cl)nn3C)C2)c1. The molecule has 2 amide bonds. The molecule has 2 aromatic carbocycles. The number of nitrogens with one attached hydrogen (secondary N) is 1. The quantitative estimate of drug-likeness (QED) is 0.525. The van der Waals surface area contributed by atoms with Gasteiger partial charge in [-0.05, 0) is 35.9 Å². The fourth-order valence-electron chi connectivity index (χ4n) is 3.90. The van der Waals surface area contributed by atoms with Gasteiger partial charge in [-0.2, -0.15) is 5.10 Å². The number of carbonyl (C=O) groups excluding carboxylic acids is 2. The molecule has 3 aromatic rings. The summed E-state index contributed by atoms with van der Waals surface area (Å²) in [5, 5.41) is 7.71. The van der Waals surface area contributed by atoms with Crippen LogP contribution in [-0.2, 0) is 42.7 Å². The van der Waals surface area contributed by atoms with Crippen molar-refractivity contribution >= 4 is 29.3 Å². The highest BCUT2D eigenvalue weighted by Crippen LogP contribution is 2.25. The van der Waals surface area contributed by atoms with Crippen LogP contribution in [0.2, 0.25) is 5.02 Å². The number of hydrogen-bond donors (Lipinski definition) is 1. The number of aromatic nitrogens is 2. The molecule has 8 nitrogen and oxygen atoms in total. The normalized spacial score (nSPS) is 12.9. The van der Waals surface area contributed by atoms with Gasteiger partial charge in [0.05, 0.1) is 38.1 Å². The lowest BCUT2D eigenvalue weighted by molar-refractivity contribution is 0.0600. The van der Waals surface area contributed by atoms with Crippen LogP contribution in [0.1, 0.15) is 32.9 Å². The first-order valence-corrected chi connectivity index (χ1v) is 11.0. The van der Waals surface area contributed by atoms with Crippen LogP contribution in [0.5, 0.6) is 0 Å². The average Bonchev–Trinajstić information content (AvgIpc) is 3.14. The van der Waals surface area contributed by atoms with Crippen molar-refractivity contribution in [1.82, 2.24) is 14.7 Å². The molecule has 178 valence electrons. The fourth-order valence-corrected chi connectivity index (χ4v) is 4.12. The first kappa shape index (κ1) is 23.7. The number of esters is 1. The van der Waals surface area contributed by atoms with Crippen LogP contribution in [0, 0.1) is 5.82 Å². The Morgan fingerprint density at radius 3 is 2.79 bits per heavy atom. The Hall–Kier alpha value is -3.43. The van der Waals surface area contributed by atoms with Crippen molar-refractivity contribution in [3.63, 3.8) is 0 Å². The second-order valence-corrected chi connectivity index (χ2v) is 8.31. The van der Waals surface area contributed by atoms with Crippen LogP contribution in [-0.4, -0.2) is 40.3 Å². The van der Waals surface area contributed by atoms with Crippen LogP contribution < -0.4 is 5.32 Å². The zero-order valence-corrected chi connectivity index (χ0v) is 19.6. The fraction of sp³-hybridized carbons (Fsp3) is 0.292. The molecule has 0 saturated heterocycles. The summed E-state index contributed by atoms with van der Waals surface area (Å²) in [5.74, 6) is -0.872. The molecule has 2 heterocycles. The standard InChI is InChI=1S/C24H24ClFN4O4/c1-29-22-8-9-30(24(32)27-18-5-3-4-15(10-18)23(31)33-2)12-19(22)21(28-29)14-34-13-16-6-7-17(26)11-20(16)25/h3-7,10-11H,8-9,12-14H2,1-2H3,(H,27,32). The van der Waals surface area contributed by atoms with E-state index in [0.717, 1.165) is 17.0 Å². The van der Waals surface area contributed by atoms with Crippen molar-refractivity contribution < 1.29 is 23.5 Å². The number of amides is 2. The number of fused-ring (bicyclic) bond motifs is 1. The molecule has 1 aliphatic heterocycles. The molecule has 0 spiro atoms. The predicted molar refractivity (Wildman–Crippen MR) is 124 cm³/mol. The Kier molecular flexibility index (Phi) is 7.14. The molecule has 0 aliphatic carbocycles. The van der Waals surface area contributed by atoms with Gasteiger partial charge in [0, 0.05) is 42.0 Å². The second kappa shape index (κ2) is 10.2. The maximum absolute atomic E-state index is 13.2. The molecule has 34 heavy (non-hydrogen) atoms. The van der Waals surface area contributed by atoms with Crippen LogP contribution in [0.3, 0.4) is 0 Å². The zero-order valence-electron chi connectivity index (χ0n) is 18.8. The molecule has 0 unspecified atom stereocenters. The average molecular weight is 487 g/mol. The Labute approximate surface area is 201 Å². The number of methoxy groups -OCH3 is 1. The van der Waals surface area contributed by atoms with E-state index in [9.17, 15) is 14.0 Å². The van der Waals surface area contributed by atoms with Gasteiger partial charge >= 0.3 is 12.0 Å². The number of rotatable bonds is 6. The van der Waals surface area contributed by atoms with Crippen molar-refractivity contribution in [2.45, 2.75) is 26.2 Å². The van der Waals surface area contributed by atoms with E-state index in [1.807, 2.05) is 11.7 Å². The minimum Gasteiger partial charge on any atom is -0.465 e. The van der Waals surface area contributed by atoms with E-state index in [1.165, 1.54) is 19.2 Å². The maximum Gasteiger partial charge on any atom is 0.337 e. The van der Waals surface area contributed by atoms with E-state index in [-0.39, 0.29) is 19.2 Å². The molecule has 0 fully saturated rings. The third-order valence-electron chi connectivity index (χ3n) is 5.66. The highest BCUT2D eigenvalue weighted by atomic mass is 35.5. The van der Waals surface area contributed by atoms with E-state index >= 15 is 0 Å². The smallest absolute Gasteiger partial charge is 0.337 e. The highest BCUT2D eigenvalue weighted by Gasteiger charge is 2.27. The second-order valence-electron chi connectivity index (χ2n) is 7.90. The minimum atomic E-state index is -0.472. The molecular weight excluding hydrogens is 463 g/mol. The van der Waals surface area contributed by atoms with Gasteiger partial charge in [0.2, 0.25) is 0 Å². The van der Waals surface area contributed by atoms with E-state index in [2.05, 4.69) is 10.4 Å². The van der Waals surface area contributed by atoms with Gasteiger partial charge in [-0.1, -0.05) is 23.7 Å². The van der Waals surface area contributed by atoms with E-state index in [0.29, 0.717) is 41.3 Å². The van der Waals surface area contributed by atoms with Crippen molar-refractivity contribution in [2.24, 2.45) is 7.05 Å². The molecule has 10 heteroatoms. The first-order valence-electron chi connectivity index (χ1n) is 10.7. The summed E-state index contributed by atoms with van der Waals surface area (Å²) in [5.41, 5.74) is 4.27. The molecule has 4 rings (SSSR count).